The SMILES string of the molecule is COc1cc(/C=C(\Sc2n[nH]c(-c3ccc(Cl)cc3)n2)C(=O)O)ccc1OCc1ccccc1. The number of carboxylic acid groups (broad SMARTS) is 1. The minimum atomic E-state index is -1.09. The number of hydrogen-bond donors (Lipinski definition) is 2. The number of aliphatic carboxylic acids is 1. The van der Waals surface area contributed by atoms with Gasteiger partial charge in [-0.2, -0.15) is 0 Å². The van der Waals surface area contributed by atoms with Gasteiger partial charge in [-0.3, -0.25) is 5.10 Å². The van der Waals surface area contributed by atoms with Gasteiger partial charge in [-0.25, -0.2) is 9.78 Å². The molecule has 0 unspecified atom stereocenters. The van der Waals surface area contributed by atoms with Crippen LogP contribution in [0.4, 0.5) is 0 Å². The highest BCUT2D eigenvalue weighted by Crippen LogP contribution is 2.32. The molecule has 0 amide bonds. The quantitative estimate of drug-likeness (QED) is 0.220. The van der Waals surface area contributed by atoms with Crippen molar-refractivity contribution in [1.82, 2.24) is 15.2 Å². The molecular formula is C25H20ClN3O4S. The number of carbonyl (C=O) groups is 1. The molecule has 0 spiro atoms. The van der Waals surface area contributed by atoms with Crippen LogP contribution in [-0.2, 0) is 11.4 Å². The number of nitrogens with zero attached hydrogens (tertiary/aromatic N) is 2. The summed E-state index contributed by atoms with van der Waals surface area (Å²) in [7, 11) is 1.54. The number of halogens is 1. The minimum absolute atomic E-state index is 0.0571. The van der Waals surface area contributed by atoms with E-state index in [0.717, 1.165) is 22.9 Å². The van der Waals surface area contributed by atoms with E-state index in [1.807, 2.05) is 30.3 Å². The maximum Gasteiger partial charge on any atom is 0.342 e. The number of nitrogens with one attached hydrogen (secondary N) is 1. The van der Waals surface area contributed by atoms with Crippen molar-refractivity contribution < 1.29 is 19.4 Å². The molecule has 34 heavy (non-hydrogen) atoms. The number of aromatic amines is 1. The number of methoxy groups -OCH3 is 1. The van der Waals surface area contributed by atoms with Crippen molar-refractivity contribution in [2.45, 2.75) is 11.8 Å². The van der Waals surface area contributed by atoms with Crippen LogP contribution in [0.15, 0.2) is 82.9 Å². The smallest absolute Gasteiger partial charge is 0.342 e. The third-order valence-corrected chi connectivity index (χ3v) is 5.85. The van der Waals surface area contributed by atoms with Crippen molar-refractivity contribution >= 4 is 35.4 Å². The van der Waals surface area contributed by atoms with Gasteiger partial charge in [-0.1, -0.05) is 48.0 Å². The van der Waals surface area contributed by atoms with E-state index in [9.17, 15) is 9.90 Å². The summed E-state index contributed by atoms with van der Waals surface area (Å²) in [5.74, 6) is 0.494. The Hall–Kier alpha value is -3.75. The number of aromatic nitrogens is 3. The molecule has 0 aliphatic heterocycles. The Morgan fingerprint density at radius 1 is 1.09 bits per heavy atom. The van der Waals surface area contributed by atoms with Crippen molar-refractivity contribution in [3.05, 3.63) is 93.9 Å². The van der Waals surface area contributed by atoms with Gasteiger partial charge in [-0.15, -0.1) is 5.10 Å². The standard InChI is InChI=1S/C25H20ClN3O4S/c1-32-21-13-17(7-12-20(21)33-15-16-5-3-2-4-6-16)14-22(24(30)31)34-25-27-23(28-29-25)18-8-10-19(26)11-9-18/h2-14H,15H2,1H3,(H,30,31)(H,27,28,29)/b22-14-. The number of carboxylic acids is 1. The molecule has 0 atom stereocenters. The summed E-state index contributed by atoms with van der Waals surface area (Å²) in [6, 6.07) is 22.1. The van der Waals surface area contributed by atoms with Gasteiger partial charge in [0, 0.05) is 10.6 Å². The number of H-pyrrole nitrogens is 1. The molecule has 7 nitrogen and oxygen atoms in total. The number of benzene rings is 3. The first-order valence-electron chi connectivity index (χ1n) is 10.2. The van der Waals surface area contributed by atoms with Crippen molar-refractivity contribution in [2.75, 3.05) is 7.11 Å². The molecule has 172 valence electrons. The maximum atomic E-state index is 11.9. The van der Waals surface area contributed by atoms with E-state index in [4.69, 9.17) is 21.1 Å². The highest BCUT2D eigenvalue weighted by atomic mass is 35.5. The molecule has 0 aliphatic rings. The van der Waals surface area contributed by atoms with Crippen LogP contribution in [0.25, 0.3) is 17.5 Å². The summed E-state index contributed by atoms with van der Waals surface area (Å²) in [5, 5.41) is 17.6. The Morgan fingerprint density at radius 3 is 2.56 bits per heavy atom. The van der Waals surface area contributed by atoms with Crippen LogP contribution in [0, 0.1) is 0 Å². The fourth-order valence-electron chi connectivity index (χ4n) is 3.04. The Labute approximate surface area is 205 Å². The first-order chi connectivity index (χ1) is 16.5. The van der Waals surface area contributed by atoms with E-state index in [0.29, 0.717) is 34.5 Å². The Morgan fingerprint density at radius 2 is 1.85 bits per heavy atom. The summed E-state index contributed by atoms with van der Waals surface area (Å²) in [4.78, 5) is 16.3. The monoisotopic (exact) mass is 493 g/mol. The molecule has 3 aromatic carbocycles. The fourth-order valence-corrected chi connectivity index (χ4v) is 3.88. The van der Waals surface area contributed by atoms with E-state index in [-0.39, 0.29) is 10.1 Å². The van der Waals surface area contributed by atoms with Gasteiger partial charge in [0.2, 0.25) is 5.16 Å². The fraction of sp³-hybridized carbons (Fsp3) is 0.0800. The number of rotatable bonds is 9. The zero-order valence-corrected chi connectivity index (χ0v) is 19.6. The molecule has 9 heteroatoms. The first kappa shape index (κ1) is 23.4. The first-order valence-corrected chi connectivity index (χ1v) is 11.4. The van der Waals surface area contributed by atoms with Gasteiger partial charge in [-0.05, 0) is 65.4 Å². The van der Waals surface area contributed by atoms with E-state index in [1.54, 1.807) is 42.5 Å². The molecule has 1 heterocycles. The lowest BCUT2D eigenvalue weighted by molar-refractivity contribution is -0.131. The maximum absolute atomic E-state index is 11.9. The second-order valence-corrected chi connectivity index (χ2v) is 8.52. The molecule has 4 aromatic rings. The van der Waals surface area contributed by atoms with Gasteiger partial charge >= 0.3 is 5.97 Å². The van der Waals surface area contributed by atoms with Crippen LogP contribution in [0.2, 0.25) is 5.02 Å². The largest absolute Gasteiger partial charge is 0.493 e. The second kappa shape index (κ2) is 10.9. The molecule has 0 aliphatic carbocycles. The van der Waals surface area contributed by atoms with E-state index in [2.05, 4.69) is 15.2 Å². The van der Waals surface area contributed by atoms with E-state index < -0.39 is 5.97 Å². The zero-order chi connectivity index (χ0) is 23.9. The zero-order valence-electron chi connectivity index (χ0n) is 18.1. The van der Waals surface area contributed by atoms with Crippen molar-refractivity contribution in [2.24, 2.45) is 0 Å². The van der Waals surface area contributed by atoms with Gasteiger partial charge in [0.25, 0.3) is 0 Å². The highest BCUT2D eigenvalue weighted by Gasteiger charge is 2.15. The number of thioether (sulfide) groups is 1. The molecule has 0 bridgehead atoms. The summed E-state index contributed by atoms with van der Waals surface area (Å²) in [5.41, 5.74) is 2.46. The number of hydrogen-bond acceptors (Lipinski definition) is 6. The minimum Gasteiger partial charge on any atom is -0.493 e. The molecule has 2 N–H and O–H groups in total. The third kappa shape index (κ3) is 5.98. The Bertz CT molecular complexity index is 1310. The van der Waals surface area contributed by atoms with Crippen molar-refractivity contribution in [3.8, 4) is 22.9 Å². The molecule has 0 radical (unpaired) electrons. The summed E-state index contributed by atoms with van der Waals surface area (Å²) in [6.07, 6.45) is 1.54. The average Bonchev–Trinajstić information content (AvgIpc) is 3.32. The van der Waals surface area contributed by atoms with Gasteiger partial charge < -0.3 is 14.6 Å². The summed E-state index contributed by atoms with van der Waals surface area (Å²) < 4.78 is 11.3. The average molecular weight is 494 g/mol. The molecular weight excluding hydrogens is 474 g/mol. The Kier molecular flexibility index (Phi) is 7.51. The lowest BCUT2D eigenvalue weighted by Gasteiger charge is -2.11. The summed E-state index contributed by atoms with van der Waals surface area (Å²) in [6.45, 7) is 0.392. The van der Waals surface area contributed by atoms with Crippen LogP contribution in [0.5, 0.6) is 11.5 Å². The van der Waals surface area contributed by atoms with Gasteiger partial charge in [0.05, 0.1) is 7.11 Å². The van der Waals surface area contributed by atoms with Crippen LogP contribution in [0.3, 0.4) is 0 Å². The predicted molar refractivity (Wildman–Crippen MR) is 132 cm³/mol. The van der Waals surface area contributed by atoms with E-state index in [1.165, 1.54) is 13.2 Å². The normalized spacial score (nSPS) is 11.3. The summed E-state index contributed by atoms with van der Waals surface area (Å²) >= 11 is 6.87. The van der Waals surface area contributed by atoms with Crippen LogP contribution in [-0.4, -0.2) is 33.4 Å². The van der Waals surface area contributed by atoms with Crippen LogP contribution >= 0.6 is 23.4 Å². The van der Waals surface area contributed by atoms with E-state index >= 15 is 0 Å². The molecule has 4 rings (SSSR count). The lowest BCUT2D eigenvalue weighted by Crippen LogP contribution is -1.99. The highest BCUT2D eigenvalue weighted by molar-refractivity contribution is 8.04. The lowest BCUT2D eigenvalue weighted by atomic mass is 10.2. The molecule has 0 fully saturated rings. The number of ether oxygens (including phenoxy) is 2. The topological polar surface area (TPSA) is 97.3 Å². The molecule has 0 saturated carbocycles. The van der Waals surface area contributed by atoms with Gasteiger partial charge in [0.1, 0.15) is 11.5 Å². The Balaban J connectivity index is 1.51. The van der Waals surface area contributed by atoms with Crippen molar-refractivity contribution in [1.29, 1.82) is 0 Å². The van der Waals surface area contributed by atoms with Crippen LogP contribution < -0.4 is 9.47 Å². The molecule has 0 saturated heterocycles. The van der Waals surface area contributed by atoms with Gasteiger partial charge in [0.15, 0.2) is 17.3 Å². The molecule has 1 aromatic heterocycles. The third-order valence-electron chi connectivity index (χ3n) is 4.72. The van der Waals surface area contributed by atoms with Crippen LogP contribution in [0.1, 0.15) is 11.1 Å². The van der Waals surface area contributed by atoms with Crippen molar-refractivity contribution in [3.63, 3.8) is 0 Å². The second-order valence-electron chi connectivity index (χ2n) is 7.07. The predicted octanol–water partition coefficient (Wildman–Crippen LogP) is 5.93.